The molecule has 3 aromatic rings. The molecule has 1 spiro atoms. The van der Waals surface area contributed by atoms with Gasteiger partial charge in [0, 0.05) is 36.4 Å². The first kappa shape index (κ1) is 25.5. The zero-order valence-corrected chi connectivity index (χ0v) is 20.4. The molecular weight excluding hydrogens is 503 g/mol. The fourth-order valence-electron chi connectivity index (χ4n) is 4.60. The van der Waals surface area contributed by atoms with Crippen molar-refractivity contribution in [2.24, 2.45) is 0 Å². The number of halogens is 3. The Kier molecular flexibility index (Phi) is 6.70. The third kappa shape index (κ3) is 5.72. The van der Waals surface area contributed by atoms with E-state index in [0.717, 1.165) is 29.0 Å². The Labute approximate surface area is 216 Å². The highest BCUT2D eigenvalue weighted by molar-refractivity contribution is 6.04. The number of carbonyl (C=O) groups excluding carboxylic acids is 2. The van der Waals surface area contributed by atoms with Gasteiger partial charge < -0.3 is 24.8 Å². The molecule has 1 aromatic heterocycles. The summed E-state index contributed by atoms with van der Waals surface area (Å²) >= 11 is 0. The van der Waals surface area contributed by atoms with Crippen LogP contribution in [0, 0.1) is 6.92 Å². The zero-order valence-electron chi connectivity index (χ0n) is 20.4. The van der Waals surface area contributed by atoms with E-state index in [2.05, 4.69) is 20.4 Å². The number of benzene rings is 2. The SMILES string of the molecule is Cc1ccc(NC(=O)c2ccnc(OC(F)(F)F)c2)cc1-c1ccc2c(c1)OC1(CCOCC1)CC(=O)N2. The third-order valence-electron chi connectivity index (χ3n) is 6.49. The van der Waals surface area contributed by atoms with Crippen molar-refractivity contribution in [3.05, 3.63) is 65.9 Å². The summed E-state index contributed by atoms with van der Waals surface area (Å²) in [6.45, 7) is 2.95. The summed E-state index contributed by atoms with van der Waals surface area (Å²) in [6.07, 6.45) is -2.40. The van der Waals surface area contributed by atoms with Crippen LogP contribution in [0.2, 0.25) is 0 Å². The minimum atomic E-state index is -4.92. The normalized spacial score (nSPS) is 16.6. The smallest absolute Gasteiger partial charge is 0.484 e. The van der Waals surface area contributed by atoms with Gasteiger partial charge in [0.25, 0.3) is 5.91 Å². The Balaban J connectivity index is 1.40. The van der Waals surface area contributed by atoms with E-state index in [1.165, 1.54) is 6.07 Å². The van der Waals surface area contributed by atoms with Crippen molar-refractivity contribution < 1.29 is 37.0 Å². The minimum absolute atomic E-state index is 0.0442. The number of alkyl halides is 3. The first-order valence-corrected chi connectivity index (χ1v) is 11.9. The van der Waals surface area contributed by atoms with Gasteiger partial charge in [-0.15, -0.1) is 13.2 Å². The number of carbonyl (C=O) groups is 2. The lowest BCUT2D eigenvalue weighted by Gasteiger charge is -2.35. The van der Waals surface area contributed by atoms with Gasteiger partial charge in [-0.3, -0.25) is 9.59 Å². The van der Waals surface area contributed by atoms with Crippen LogP contribution < -0.4 is 20.1 Å². The molecule has 198 valence electrons. The number of pyridine rings is 1. The van der Waals surface area contributed by atoms with Crippen molar-refractivity contribution in [3.8, 4) is 22.8 Å². The highest BCUT2D eigenvalue weighted by Crippen LogP contribution is 2.41. The second-order valence-corrected chi connectivity index (χ2v) is 9.25. The summed E-state index contributed by atoms with van der Waals surface area (Å²) in [5.74, 6) is -0.907. The van der Waals surface area contributed by atoms with Gasteiger partial charge >= 0.3 is 6.36 Å². The third-order valence-corrected chi connectivity index (χ3v) is 6.49. The topological polar surface area (TPSA) is 98.8 Å². The molecule has 1 fully saturated rings. The summed E-state index contributed by atoms with van der Waals surface area (Å²) in [4.78, 5) is 28.8. The molecule has 2 aromatic carbocycles. The predicted octanol–water partition coefficient (Wildman–Crippen LogP) is 5.48. The van der Waals surface area contributed by atoms with E-state index in [0.29, 0.717) is 43.2 Å². The van der Waals surface area contributed by atoms with E-state index in [4.69, 9.17) is 9.47 Å². The van der Waals surface area contributed by atoms with Gasteiger partial charge in [0.15, 0.2) is 0 Å². The van der Waals surface area contributed by atoms with Crippen molar-refractivity contribution in [2.75, 3.05) is 23.8 Å². The maximum atomic E-state index is 12.8. The number of ether oxygens (including phenoxy) is 3. The van der Waals surface area contributed by atoms with Crippen LogP contribution in [0.15, 0.2) is 54.7 Å². The van der Waals surface area contributed by atoms with E-state index in [1.54, 1.807) is 18.2 Å². The molecule has 3 heterocycles. The number of rotatable bonds is 4. The standard InChI is InChI=1S/C27H24F3N3O5/c1-16-2-4-19(32-25(35)18-6-9-31-24(13-18)38-27(28,29)30)14-20(16)17-3-5-21-22(12-17)37-26(15-23(34)33-21)7-10-36-11-8-26/h2-6,9,12-14H,7-8,10-11,15H2,1H3,(H,32,35)(H,33,34). The second-order valence-electron chi connectivity index (χ2n) is 9.25. The van der Waals surface area contributed by atoms with Gasteiger partial charge in [0.05, 0.1) is 25.3 Å². The molecular formula is C27H24F3N3O5. The van der Waals surface area contributed by atoms with Gasteiger partial charge in [0.1, 0.15) is 11.4 Å². The Morgan fingerprint density at radius 1 is 1.11 bits per heavy atom. The van der Waals surface area contributed by atoms with E-state index in [1.807, 2.05) is 25.1 Å². The maximum absolute atomic E-state index is 12.8. The molecule has 38 heavy (non-hydrogen) atoms. The molecule has 2 aliphatic rings. The van der Waals surface area contributed by atoms with E-state index in [9.17, 15) is 22.8 Å². The summed E-state index contributed by atoms with van der Waals surface area (Å²) < 4.78 is 53.2. The van der Waals surface area contributed by atoms with Gasteiger partial charge in [0.2, 0.25) is 11.8 Å². The van der Waals surface area contributed by atoms with Crippen molar-refractivity contribution in [1.82, 2.24) is 4.98 Å². The maximum Gasteiger partial charge on any atom is 0.574 e. The van der Waals surface area contributed by atoms with E-state index >= 15 is 0 Å². The molecule has 1 saturated heterocycles. The van der Waals surface area contributed by atoms with Gasteiger partial charge in [-0.25, -0.2) is 4.98 Å². The van der Waals surface area contributed by atoms with Crippen LogP contribution >= 0.6 is 0 Å². The average Bonchev–Trinajstić information content (AvgIpc) is 2.99. The van der Waals surface area contributed by atoms with Gasteiger partial charge in [-0.05, 0) is 53.9 Å². The summed E-state index contributed by atoms with van der Waals surface area (Å²) in [7, 11) is 0. The number of nitrogens with zero attached hydrogens (tertiary/aromatic N) is 1. The molecule has 2 N–H and O–H groups in total. The lowest BCUT2D eigenvalue weighted by molar-refractivity contribution is -0.276. The molecule has 0 bridgehead atoms. The number of nitrogens with one attached hydrogen (secondary N) is 2. The number of aromatic nitrogens is 1. The molecule has 0 atom stereocenters. The number of hydrogen-bond donors (Lipinski definition) is 2. The van der Waals surface area contributed by atoms with Crippen molar-refractivity contribution in [3.63, 3.8) is 0 Å². The van der Waals surface area contributed by atoms with Crippen LogP contribution in [0.4, 0.5) is 24.5 Å². The van der Waals surface area contributed by atoms with Crippen LogP contribution in [-0.4, -0.2) is 42.0 Å². The Hall–Kier alpha value is -4.12. The molecule has 0 aliphatic carbocycles. The second kappa shape index (κ2) is 9.97. The highest BCUT2D eigenvalue weighted by atomic mass is 19.4. The molecule has 2 amide bonds. The number of hydrogen-bond acceptors (Lipinski definition) is 6. The fourth-order valence-corrected chi connectivity index (χ4v) is 4.60. The monoisotopic (exact) mass is 527 g/mol. The van der Waals surface area contributed by atoms with Crippen molar-refractivity contribution in [2.45, 2.75) is 38.1 Å². The quantitative estimate of drug-likeness (QED) is 0.467. The Morgan fingerprint density at radius 3 is 2.66 bits per heavy atom. The van der Waals surface area contributed by atoms with Crippen molar-refractivity contribution >= 4 is 23.2 Å². The Morgan fingerprint density at radius 2 is 1.89 bits per heavy atom. The first-order valence-electron chi connectivity index (χ1n) is 11.9. The zero-order chi connectivity index (χ0) is 26.9. The molecule has 11 heteroatoms. The van der Waals surface area contributed by atoms with Crippen LogP contribution in [0.5, 0.6) is 11.6 Å². The van der Waals surface area contributed by atoms with E-state index in [-0.39, 0.29) is 17.9 Å². The average molecular weight is 527 g/mol. The van der Waals surface area contributed by atoms with Gasteiger partial charge in [-0.2, -0.15) is 0 Å². The largest absolute Gasteiger partial charge is 0.574 e. The fraction of sp³-hybridized carbons (Fsp3) is 0.296. The van der Waals surface area contributed by atoms with Crippen molar-refractivity contribution in [1.29, 1.82) is 0 Å². The van der Waals surface area contributed by atoms with Gasteiger partial charge in [-0.1, -0.05) is 12.1 Å². The summed E-state index contributed by atoms with van der Waals surface area (Å²) in [5, 5.41) is 5.62. The summed E-state index contributed by atoms with van der Waals surface area (Å²) in [6, 6.07) is 13.0. The molecule has 2 aliphatic heterocycles. The summed E-state index contributed by atoms with van der Waals surface area (Å²) in [5.41, 5.74) is 2.89. The number of amides is 2. The lowest BCUT2D eigenvalue weighted by Crippen LogP contribution is -2.43. The molecule has 0 saturated carbocycles. The molecule has 0 radical (unpaired) electrons. The number of anilines is 2. The lowest BCUT2D eigenvalue weighted by atomic mass is 9.90. The van der Waals surface area contributed by atoms with Crippen LogP contribution in [0.3, 0.4) is 0 Å². The van der Waals surface area contributed by atoms with E-state index < -0.39 is 23.8 Å². The predicted molar refractivity (Wildman–Crippen MR) is 132 cm³/mol. The highest BCUT2D eigenvalue weighted by Gasteiger charge is 2.40. The number of fused-ring (bicyclic) bond motifs is 1. The first-order chi connectivity index (χ1) is 18.1. The van der Waals surface area contributed by atoms with Crippen LogP contribution in [0.25, 0.3) is 11.1 Å². The van der Waals surface area contributed by atoms with Crippen LogP contribution in [-0.2, 0) is 9.53 Å². The molecule has 0 unspecified atom stereocenters. The molecule has 8 nitrogen and oxygen atoms in total. The Bertz CT molecular complexity index is 1390. The molecule has 5 rings (SSSR count). The minimum Gasteiger partial charge on any atom is -0.484 e. The van der Waals surface area contributed by atoms with Crippen LogP contribution in [0.1, 0.15) is 35.2 Å². The number of aryl methyl sites for hydroxylation is 1.